The summed E-state index contributed by atoms with van der Waals surface area (Å²) in [5.74, 6) is 2.42. The monoisotopic (exact) mass is 309 g/mol. The fraction of sp³-hybridized carbons (Fsp3) is 0.389. The van der Waals surface area contributed by atoms with Crippen LogP contribution in [0.2, 0.25) is 0 Å². The summed E-state index contributed by atoms with van der Waals surface area (Å²) >= 11 is 1.85. The van der Waals surface area contributed by atoms with Crippen LogP contribution in [0.15, 0.2) is 42.7 Å². The van der Waals surface area contributed by atoms with Gasteiger partial charge in [0.2, 0.25) is 0 Å². The summed E-state index contributed by atoms with van der Waals surface area (Å²) in [5, 5.41) is 1.28. The van der Waals surface area contributed by atoms with Crippen LogP contribution in [-0.2, 0) is 12.8 Å². The van der Waals surface area contributed by atoms with Crippen molar-refractivity contribution in [2.75, 3.05) is 0 Å². The van der Waals surface area contributed by atoms with Crippen molar-refractivity contribution in [1.29, 1.82) is 0 Å². The molecule has 1 aromatic carbocycles. The molecule has 0 amide bonds. The Balaban J connectivity index is 1.49. The molecule has 1 aliphatic rings. The maximum atomic E-state index is 4.80. The number of benzene rings is 1. The Hall–Kier alpha value is -1.81. The lowest BCUT2D eigenvalue weighted by molar-refractivity contribution is 0.377. The zero-order chi connectivity index (χ0) is 14.8. The van der Waals surface area contributed by atoms with Gasteiger partial charge in [0.1, 0.15) is 5.82 Å². The zero-order valence-electron chi connectivity index (χ0n) is 12.5. The molecule has 3 aromatic rings. The van der Waals surface area contributed by atoms with Crippen LogP contribution < -0.4 is 0 Å². The van der Waals surface area contributed by atoms with Crippen LogP contribution in [0.5, 0.6) is 0 Å². The Kier molecular flexibility index (Phi) is 3.85. The van der Waals surface area contributed by atoms with Crippen molar-refractivity contribution >= 4 is 21.6 Å². The summed E-state index contributed by atoms with van der Waals surface area (Å²) in [6, 6.07) is 10.3. The first-order valence-corrected chi connectivity index (χ1v) is 8.80. The molecule has 4 rings (SSSR count). The maximum absolute atomic E-state index is 4.80. The standard InChI is InChI=1S/C18H19N3S/c1-2-8-16-15(7-1)21-18(22-16)12-14-6-3-5-13(14)11-17-19-9-4-10-20-17/h1-2,4,7-10,13-14H,3,5-6,11-12H2. The molecule has 112 valence electrons. The van der Waals surface area contributed by atoms with E-state index in [4.69, 9.17) is 4.98 Å². The molecule has 2 unspecified atom stereocenters. The Morgan fingerprint density at radius 1 is 0.955 bits per heavy atom. The molecule has 4 heteroatoms. The Labute approximate surface area is 134 Å². The van der Waals surface area contributed by atoms with Crippen molar-refractivity contribution in [1.82, 2.24) is 15.0 Å². The second-order valence-electron chi connectivity index (χ2n) is 6.10. The summed E-state index contributed by atoms with van der Waals surface area (Å²) in [7, 11) is 0. The first-order valence-electron chi connectivity index (χ1n) is 7.99. The third-order valence-electron chi connectivity index (χ3n) is 4.66. The molecule has 0 spiro atoms. The van der Waals surface area contributed by atoms with Crippen molar-refractivity contribution in [3.63, 3.8) is 0 Å². The topological polar surface area (TPSA) is 38.7 Å². The molecule has 2 atom stereocenters. The predicted molar refractivity (Wildman–Crippen MR) is 89.9 cm³/mol. The van der Waals surface area contributed by atoms with Gasteiger partial charge in [-0.05, 0) is 42.9 Å². The minimum atomic E-state index is 0.703. The molecular weight excluding hydrogens is 290 g/mol. The van der Waals surface area contributed by atoms with E-state index in [1.807, 2.05) is 29.8 Å². The molecule has 22 heavy (non-hydrogen) atoms. The van der Waals surface area contributed by atoms with E-state index in [0.717, 1.165) is 30.1 Å². The fourth-order valence-electron chi connectivity index (χ4n) is 3.55. The smallest absolute Gasteiger partial charge is 0.128 e. The highest BCUT2D eigenvalue weighted by Gasteiger charge is 2.29. The molecule has 0 N–H and O–H groups in total. The molecule has 1 saturated carbocycles. The molecule has 3 nitrogen and oxygen atoms in total. The average molecular weight is 309 g/mol. The van der Waals surface area contributed by atoms with Gasteiger partial charge in [-0.15, -0.1) is 11.3 Å². The lowest BCUT2D eigenvalue weighted by Gasteiger charge is -2.17. The summed E-state index contributed by atoms with van der Waals surface area (Å²) in [6.45, 7) is 0. The zero-order valence-corrected chi connectivity index (χ0v) is 13.3. The van der Waals surface area contributed by atoms with Crippen LogP contribution in [0, 0.1) is 11.8 Å². The number of para-hydroxylation sites is 1. The van der Waals surface area contributed by atoms with Crippen molar-refractivity contribution in [3.05, 3.63) is 53.6 Å². The quantitative estimate of drug-likeness (QED) is 0.721. The first-order chi connectivity index (χ1) is 10.9. The van der Waals surface area contributed by atoms with Gasteiger partial charge in [-0.2, -0.15) is 0 Å². The van der Waals surface area contributed by atoms with Gasteiger partial charge in [0.05, 0.1) is 15.2 Å². The third kappa shape index (κ3) is 2.88. The lowest BCUT2D eigenvalue weighted by atomic mass is 9.90. The van der Waals surface area contributed by atoms with Crippen molar-refractivity contribution in [3.8, 4) is 0 Å². The van der Waals surface area contributed by atoms with Crippen molar-refractivity contribution in [2.24, 2.45) is 11.8 Å². The van der Waals surface area contributed by atoms with Crippen LogP contribution in [-0.4, -0.2) is 15.0 Å². The van der Waals surface area contributed by atoms with Crippen molar-refractivity contribution in [2.45, 2.75) is 32.1 Å². The number of rotatable bonds is 4. The highest BCUT2D eigenvalue weighted by Crippen LogP contribution is 2.37. The molecular formula is C18H19N3S. The SMILES string of the molecule is c1cnc(CC2CCCC2Cc2nc3ccccc3s2)nc1. The van der Waals surface area contributed by atoms with Crippen LogP contribution in [0.3, 0.4) is 0 Å². The first kappa shape index (κ1) is 13.8. The van der Waals surface area contributed by atoms with Gasteiger partial charge in [-0.1, -0.05) is 18.6 Å². The number of nitrogens with zero attached hydrogens (tertiary/aromatic N) is 3. The second kappa shape index (κ2) is 6.13. The van der Waals surface area contributed by atoms with Gasteiger partial charge in [0.15, 0.2) is 0 Å². The van der Waals surface area contributed by atoms with E-state index in [1.54, 1.807) is 0 Å². The normalized spacial score (nSPS) is 21.5. The van der Waals surface area contributed by atoms with Crippen LogP contribution >= 0.6 is 11.3 Å². The van der Waals surface area contributed by atoms with Gasteiger partial charge in [0, 0.05) is 25.2 Å². The van der Waals surface area contributed by atoms with E-state index in [0.29, 0.717) is 5.92 Å². The van der Waals surface area contributed by atoms with E-state index in [1.165, 1.54) is 29.0 Å². The highest BCUT2D eigenvalue weighted by molar-refractivity contribution is 7.18. The Bertz CT molecular complexity index is 720. The van der Waals surface area contributed by atoms with E-state index in [9.17, 15) is 0 Å². The van der Waals surface area contributed by atoms with E-state index >= 15 is 0 Å². The molecule has 0 radical (unpaired) electrons. The lowest BCUT2D eigenvalue weighted by Crippen LogP contribution is -2.15. The number of hydrogen-bond acceptors (Lipinski definition) is 4. The molecule has 0 bridgehead atoms. The third-order valence-corrected chi connectivity index (χ3v) is 5.71. The fourth-order valence-corrected chi connectivity index (χ4v) is 4.61. The second-order valence-corrected chi connectivity index (χ2v) is 7.21. The molecule has 1 fully saturated rings. The van der Waals surface area contributed by atoms with Gasteiger partial charge in [0.25, 0.3) is 0 Å². The Morgan fingerprint density at radius 3 is 2.55 bits per heavy atom. The van der Waals surface area contributed by atoms with E-state index < -0.39 is 0 Å². The largest absolute Gasteiger partial charge is 0.241 e. The summed E-state index contributed by atoms with van der Waals surface area (Å²) in [4.78, 5) is 13.6. The minimum Gasteiger partial charge on any atom is -0.241 e. The average Bonchev–Trinajstić information content (AvgIpc) is 3.15. The number of thiazole rings is 1. The molecule has 0 saturated heterocycles. The number of aromatic nitrogens is 3. The van der Waals surface area contributed by atoms with Gasteiger partial charge in [-0.25, -0.2) is 15.0 Å². The van der Waals surface area contributed by atoms with Gasteiger partial charge >= 0.3 is 0 Å². The van der Waals surface area contributed by atoms with E-state index in [2.05, 4.69) is 34.2 Å². The van der Waals surface area contributed by atoms with Crippen LogP contribution in [0.1, 0.15) is 30.1 Å². The summed E-state index contributed by atoms with van der Waals surface area (Å²) < 4.78 is 1.30. The Morgan fingerprint density at radius 2 is 1.73 bits per heavy atom. The number of hydrogen-bond donors (Lipinski definition) is 0. The highest BCUT2D eigenvalue weighted by atomic mass is 32.1. The van der Waals surface area contributed by atoms with Crippen molar-refractivity contribution < 1.29 is 0 Å². The summed E-state index contributed by atoms with van der Waals surface area (Å²) in [6.07, 6.45) is 9.75. The van der Waals surface area contributed by atoms with E-state index in [-0.39, 0.29) is 0 Å². The molecule has 2 aromatic heterocycles. The van der Waals surface area contributed by atoms with Crippen LogP contribution in [0.4, 0.5) is 0 Å². The van der Waals surface area contributed by atoms with Gasteiger partial charge in [-0.3, -0.25) is 0 Å². The predicted octanol–water partition coefficient (Wildman–Crippen LogP) is 4.29. The number of fused-ring (bicyclic) bond motifs is 1. The minimum absolute atomic E-state index is 0.703. The van der Waals surface area contributed by atoms with Gasteiger partial charge < -0.3 is 0 Å². The maximum Gasteiger partial charge on any atom is 0.128 e. The molecule has 1 aliphatic carbocycles. The molecule has 2 heterocycles. The van der Waals surface area contributed by atoms with Crippen LogP contribution in [0.25, 0.3) is 10.2 Å². The summed E-state index contributed by atoms with van der Waals surface area (Å²) in [5.41, 5.74) is 1.14. The molecule has 0 aliphatic heterocycles.